The minimum Gasteiger partial charge on any atom is -0.444 e. The van der Waals surface area contributed by atoms with Crippen molar-refractivity contribution < 1.29 is 23.9 Å². The normalized spacial score (nSPS) is 13.2. The van der Waals surface area contributed by atoms with Gasteiger partial charge in [-0.1, -0.05) is 18.2 Å². The average molecular weight is 491 g/mol. The lowest BCUT2D eigenvalue weighted by molar-refractivity contribution is -0.145. The first-order valence-electron chi connectivity index (χ1n) is 12.0. The number of nitrogens with zero attached hydrogens (tertiary/aromatic N) is 1. The minimum absolute atomic E-state index is 0.0258. The summed E-state index contributed by atoms with van der Waals surface area (Å²) in [4.78, 5) is 52.9. The molecule has 0 aliphatic heterocycles. The van der Waals surface area contributed by atoms with Crippen molar-refractivity contribution in [2.45, 2.75) is 105 Å². The van der Waals surface area contributed by atoms with E-state index in [9.17, 15) is 19.2 Å². The Morgan fingerprint density at radius 3 is 2.11 bits per heavy atom. The SMILES string of the molecule is Cc1cccc(C(C(=O)NC(C)C)N(C(=O)C(CCC(N)=O)NC(=O)OC(C)(C)C)C(C)C)c1C. The maximum absolute atomic E-state index is 13.9. The molecule has 0 saturated carbocycles. The quantitative estimate of drug-likeness (QED) is 0.463. The van der Waals surface area contributed by atoms with E-state index in [0.29, 0.717) is 5.56 Å². The van der Waals surface area contributed by atoms with Gasteiger partial charge in [0.05, 0.1) is 0 Å². The third kappa shape index (κ3) is 9.22. The fourth-order valence-corrected chi connectivity index (χ4v) is 3.70. The predicted octanol–water partition coefficient (Wildman–Crippen LogP) is 3.26. The standard InChI is InChI=1S/C26H42N4O5/c1-15(2)28-23(32)22(19-12-10-11-17(5)18(19)6)30(16(3)4)24(33)20(13-14-21(27)31)29-25(34)35-26(7,8)9/h10-12,15-16,20,22H,13-14H2,1-9H3,(H2,27,31)(H,28,32)(H,29,34). The molecule has 4 N–H and O–H groups in total. The highest BCUT2D eigenvalue weighted by Crippen LogP contribution is 2.29. The lowest BCUT2D eigenvalue weighted by Crippen LogP contribution is -2.55. The molecule has 0 aromatic heterocycles. The van der Waals surface area contributed by atoms with Crippen LogP contribution in [0.25, 0.3) is 0 Å². The van der Waals surface area contributed by atoms with E-state index in [1.54, 1.807) is 34.6 Å². The summed E-state index contributed by atoms with van der Waals surface area (Å²) < 4.78 is 5.33. The predicted molar refractivity (Wildman–Crippen MR) is 136 cm³/mol. The van der Waals surface area contributed by atoms with E-state index in [4.69, 9.17) is 10.5 Å². The second-order valence-electron chi connectivity index (χ2n) is 10.4. The van der Waals surface area contributed by atoms with Crippen molar-refractivity contribution >= 4 is 23.8 Å². The van der Waals surface area contributed by atoms with Gasteiger partial charge >= 0.3 is 6.09 Å². The Bertz CT molecular complexity index is 921. The van der Waals surface area contributed by atoms with Gasteiger partial charge in [-0.15, -0.1) is 0 Å². The number of hydrogen-bond donors (Lipinski definition) is 3. The summed E-state index contributed by atoms with van der Waals surface area (Å²) in [6.07, 6.45) is -0.939. The van der Waals surface area contributed by atoms with E-state index in [2.05, 4.69) is 10.6 Å². The molecule has 0 aliphatic rings. The summed E-state index contributed by atoms with van der Waals surface area (Å²) in [5.74, 6) is -1.44. The third-order valence-corrected chi connectivity index (χ3v) is 5.38. The maximum Gasteiger partial charge on any atom is 0.408 e. The van der Waals surface area contributed by atoms with Gasteiger partial charge in [0.25, 0.3) is 0 Å². The zero-order valence-corrected chi connectivity index (χ0v) is 22.5. The number of rotatable bonds is 10. The minimum atomic E-state index is -1.11. The number of ether oxygens (including phenoxy) is 1. The number of amides is 4. The molecule has 0 heterocycles. The zero-order valence-electron chi connectivity index (χ0n) is 22.5. The van der Waals surface area contributed by atoms with Crippen LogP contribution in [0.2, 0.25) is 0 Å². The second kappa shape index (κ2) is 12.6. The Kier molecular flexibility index (Phi) is 10.7. The monoisotopic (exact) mass is 490 g/mol. The summed E-state index contributed by atoms with van der Waals surface area (Å²) in [5.41, 5.74) is 7.12. The van der Waals surface area contributed by atoms with Crippen molar-refractivity contribution in [1.29, 1.82) is 0 Å². The summed E-state index contributed by atoms with van der Waals surface area (Å²) in [6.45, 7) is 16.3. The average Bonchev–Trinajstić information content (AvgIpc) is 2.68. The van der Waals surface area contributed by atoms with Crippen LogP contribution in [0.5, 0.6) is 0 Å². The molecule has 0 radical (unpaired) electrons. The molecule has 196 valence electrons. The molecule has 1 aromatic carbocycles. The highest BCUT2D eigenvalue weighted by molar-refractivity contribution is 5.93. The van der Waals surface area contributed by atoms with Gasteiger partial charge in [-0.25, -0.2) is 4.79 Å². The number of aryl methyl sites for hydroxylation is 1. The van der Waals surface area contributed by atoms with Crippen molar-refractivity contribution in [3.63, 3.8) is 0 Å². The van der Waals surface area contributed by atoms with Crippen LogP contribution >= 0.6 is 0 Å². The van der Waals surface area contributed by atoms with Gasteiger partial charge in [0.1, 0.15) is 17.7 Å². The topological polar surface area (TPSA) is 131 Å². The first-order chi connectivity index (χ1) is 16.0. The molecule has 0 aliphatic carbocycles. The molecule has 2 unspecified atom stereocenters. The molecule has 35 heavy (non-hydrogen) atoms. The Morgan fingerprint density at radius 2 is 1.63 bits per heavy atom. The van der Waals surface area contributed by atoms with E-state index in [-0.39, 0.29) is 24.8 Å². The lowest BCUT2D eigenvalue weighted by Gasteiger charge is -2.38. The highest BCUT2D eigenvalue weighted by atomic mass is 16.6. The van der Waals surface area contributed by atoms with Crippen molar-refractivity contribution in [1.82, 2.24) is 15.5 Å². The van der Waals surface area contributed by atoms with Crippen molar-refractivity contribution in [3.05, 3.63) is 34.9 Å². The number of hydrogen-bond acceptors (Lipinski definition) is 5. The van der Waals surface area contributed by atoms with E-state index < -0.39 is 41.6 Å². The largest absolute Gasteiger partial charge is 0.444 e. The number of carbonyl (C=O) groups excluding carboxylic acids is 4. The molecule has 0 bridgehead atoms. The summed E-state index contributed by atoms with van der Waals surface area (Å²) in [5, 5.41) is 5.50. The fraction of sp³-hybridized carbons (Fsp3) is 0.615. The van der Waals surface area contributed by atoms with Crippen molar-refractivity contribution in [2.75, 3.05) is 0 Å². The van der Waals surface area contributed by atoms with Crippen LogP contribution in [0.15, 0.2) is 18.2 Å². The van der Waals surface area contributed by atoms with Gasteiger partial charge in [-0.3, -0.25) is 14.4 Å². The molecule has 0 saturated heterocycles. The molecular weight excluding hydrogens is 448 g/mol. The van der Waals surface area contributed by atoms with Gasteiger partial charge < -0.3 is 26.0 Å². The Hall–Kier alpha value is -3.10. The fourth-order valence-electron chi connectivity index (χ4n) is 3.70. The van der Waals surface area contributed by atoms with Crippen LogP contribution in [0.3, 0.4) is 0 Å². The molecule has 9 heteroatoms. The molecule has 1 rings (SSSR count). The first-order valence-corrected chi connectivity index (χ1v) is 12.0. The molecule has 0 fully saturated rings. The molecule has 1 aromatic rings. The summed E-state index contributed by atoms with van der Waals surface area (Å²) in [7, 11) is 0. The molecule has 4 amide bonds. The number of nitrogens with one attached hydrogen (secondary N) is 2. The Labute approximate surface area is 209 Å². The van der Waals surface area contributed by atoms with Crippen LogP contribution < -0.4 is 16.4 Å². The summed E-state index contributed by atoms with van der Waals surface area (Å²) >= 11 is 0. The Balaban J connectivity index is 3.54. The molecule has 0 spiro atoms. The van der Waals surface area contributed by atoms with E-state index >= 15 is 0 Å². The smallest absolute Gasteiger partial charge is 0.408 e. The first kappa shape index (κ1) is 29.9. The van der Waals surface area contributed by atoms with Crippen LogP contribution in [0.4, 0.5) is 4.79 Å². The molecular formula is C26H42N4O5. The van der Waals surface area contributed by atoms with Crippen LogP contribution in [-0.4, -0.2) is 52.4 Å². The van der Waals surface area contributed by atoms with Gasteiger partial charge in [0, 0.05) is 18.5 Å². The van der Waals surface area contributed by atoms with E-state index in [1.165, 1.54) is 4.90 Å². The van der Waals surface area contributed by atoms with Gasteiger partial charge in [-0.05, 0) is 85.4 Å². The summed E-state index contributed by atoms with van der Waals surface area (Å²) in [6, 6.07) is 3.01. The molecule has 2 atom stereocenters. The number of primary amides is 1. The second-order valence-corrected chi connectivity index (χ2v) is 10.4. The lowest BCUT2D eigenvalue weighted by atomic mass is 9.93. The number of alkyl carbamates (subject to hydrolysis) is 1. The van der Waals surface area contributed by atoms with Gasteiger partial charge in [-0.2, -0.15) is 0 Å². The molecule has 9 nitrogen and oxygen atoms in total. The van der Waals surface area contributed by atoms with Crippen LogP contribution in [0, 0.1) is 13.8 Å². The van der Waals surface area contributed by atoms with Crippen LogP contribution in [0.1, 0.15) is 84.0 Å². The third-order valence-electron chi connectivity index (χ3n) is 5.38. The van der Waals surface area contributed by atoms with Crippen molar-refractivity contribution in [3.8, 4) is 0 Å². The van der Waals surface area contributed by atoms with Gasteiger partial charge in [0.15, 0.2) is 0 Å². The van der Waals surface area contributed by atoms with Crippen molar-refractivity contribution in [2.24, 2.45) is 5.73 Å². The number of nitrogens with two attached hydrogens (primary N) is 1. The van der Waals surface area contributed by atoms with E-state index in [0.717, 1.165) is 11.1 Å². The van der Waals surface area contributed by atoms with E-state index in [1.807, 2.05) is 45.9 Å². The van der Waals surface area contributed by atoms with Gasteiger partial charge in [0.2, 0.25) is 17.7 Å². The highest BCUT2D eigenvalue weighted by Gasteiger charge is 2.38. The number of carbonyl (C=O) groups is 4. The zero-order chi connectivity index (χ0) is 27.1. The van der Waals surface area contributed by atoms with Crippen LogP contribution in [-0.2, 0) is 19.1 Å². The Morgan fingerprint density at radius 1 is 1.03 bits per heavy atom. The number of benzene rings is 1. The maximum atomic E-state index is 13.9.